The van der Waals surface area contributed by atoms with Crippen LogP contribution in [-0.2, 0) is 6.42 Å². The van der Waals surface area contributed by atoms with Crippen molar-refractivity contribution in [3.8, 4) is 5.75 Å². The monoisotopic (exact) mass is 298 g/mol. The van der Waals surface area contributed by atoms with Crippen LogP contribution in [0.25, 0.3) is 10.2 Å². The van der Waals surface area contributed by atoms with E-state index in [2.05, 4.69) is 40.6 Å². The summed E-state index contributed by atoms with van der Waals surface area (Å²) in [4.78, 5) is 4.58. The fourth-order valence-corrected chi connectivity index (χ4v) is 3.16. The first-order valence-electron chi connectivity index (χ1n) is 7.07. The van der Waals surface area contributed by atoms with Crippen molar-refractivity contribution in [3.63, 3.8) is 0 Å². The lowest BCUT2D eigenvalue weighted by atomic mass is 10.1. The fraction of sp³-hybridized carbons (Fsp3) is 0.235. The van der Waals surface area contributed by atoms with Crippen molar-refractivity contribution in [1.82, 2.24) is 4.98 Å². The quantitative estimate of drug-likeness (QED) is 0.687. The number of aryl methyl sites for hydroxylation is 1. The van der Waals surface area contributed by atoms with E-state index in [9.17, 15) is 0 Å². The molecule has 0 aliphatic rings. The third-order valence-electron chi connectivity index (χ3n) is 3.36. The molecule has 108 valence electrons. The molecular formula is C17H18N2OS. The highest BCUT2D eigenvalue weighted by atomic mass is 32.1. The van der Waals surface area contributed by atoms with Gasteiger partial charge in [-0.3, -0.25) is 0 Å². The van der Waals surface area contributed by atoms with Crippen molar-refractivity contribution in [2.75, 3.05) is 19.0 Å². The Kier molecular flexibility index (Phi) is 4.36. The molecule has 4 heteroatoms. The van der Waals surface area contributed by atoms with Gasteiger partial charge in [0.1, 0.15) is 5.75 Å². The summed E-state index contributed by atoms with van der Waals surface area (Å²) in [6, 6.07) is 16.5. The predicted octanol–water partition coefficient (Wildman–Crippen LogP) is 4.35. The summed E-state index contributed by atoms with van der Waals surface area (Å²) in [7, 11) is 1.69. The van der Waals surface area contributed by atoms with Crippen LogP contribution in [-0.4, -0.2) is 18.6 Å². The zero-order valence-corrected chi connectivity index (χ0v) is 12.8. The minimum atomic E-state index is 0.877. The number of ether oxygens (including phenoxy) is 1. The molecular weight excluding hydrogens is 280 g/mol. The molecule has 3 rings (SSSR count). The molecule has 0 aliphatic heterocycles. The SMILES string of the molecule is COc1ccc2nc(NCCCc3ccccc3)sc2c1. The average molecular weight is 298 g/mol. The molecule has 2 aromatic carbocycles. The molecule has 0 bridgehead atoms. The Morgan fingerprint density at radius 3 is 2.81 bits per heavy atom. The van der Waals surface area contributed by atoms with Gasteiger partial charge in [0.25, 0.3) is 0 Å². The summed E-state index contributed by atoms with van der Waals surface area (Å²) in [5.74, 6) is 0.877. The Morgan fingerprint density at radius 1 is 1.14 bits per heavy atom. The van der Waals surface area contributed by atoms with Gasteiger partial charge in [-0.25, -0.2) is 4.98 Å². The normalized spacial score (nSPS) is 10.7. The maximum atomic E-state index is 5.24. The number of benzene rings is 2. The third-order valence-corrected chi connectivity index (χ3v) is 4.33. The van der Waals surface area contributed by atoms with Crippen molar-refractivity contribution in [3.05, 3.63) is 54.1 Å². The fourth-order valence-electron chi connectivity index (χ4n) is 2.24. The van der Waals surface area contributed by atoms with Gasteiger partial charge in [-0.2, -0.15) is 0 Å². The van der Waals surface area contributed by atoms with E-state index in [0.717, 1.165) is 40.5 Å². The molecule has 0 atom stereocenters. The van der Waals surface area contributed by atoms with Crippen LogP contribution in [0.2, 0.25) is 0 Å². The van der Waals surface area contributed by atoms with Gasteiger partial charge in [0.2, 0.25) is 0 Å². The molecule has 0 aliphatic carbocycles. The molecule has 21 heavy (non-hydrogen) atoms. The molecule has 1 N–H and O–H groups in total. The van der Waals surface area contributed by atoms with Gasteiger partial charge in [-0.1, -0.05) is 41.7 Å². The molecule has 0 saturated carbocycles. The highest BCUT2D eigenvalue weighted by molar-refractivity contribution is 7.22. The number of rotatable bonds is 6. The number of hydrogen-bond acceptors (Lipinski definition) is 4. The molecule has 0 saturated heterocycles. The number of aromatic nitrogens is 1. The first-order valence-corrected chi connectivity index (χ1v) is 7.89. The van der Waals surface area contributed by atoms with E-state index >= 15 is 0 Å². The van der Waals surface area contributed by atoms with E-state index in [1.54, 1.807) is 18.4 Å². The minimum absolute atomic E-state index is 0.877. The zero-order chi connectivity index (χ0) is 14.5. The van der Waals surface area contributed by atoms with Crippen molar-refractivity contribution >= 4 is 26.7 Å². The predicted molar refractivity (Wildman–Crippen MR) is 89.4 cm³/mol. The van der Waals surface area contributed by atoms with Gasteiger partial charge in [0.15, 0.2) is 5.13 Å². The van der Waals surface area contributed by atoms with Crippen LogP contribution >= 0.6 is 11.3 Å². The number of thiazole rings is 1. The number of nitrogens with zero attached hydrogens (tertiary/aromatic N) is 1. The van der Waals surface area contributed by atoms with Crippen molar-refractivity contribution < 1.29 is 4.74 Å². The summed E-state index contributed by atoms with van der Waals surface area (Å²) in [5, 5.41) is 4.39. The van der Waals surface area contributed by atoms with Gasteiger partial charge in [0, 0.05) is 6.54 Å². The van der Waals surface area contributed by atoms with Gasteiger partial charge >= 0.3 is 0 Å². The molecule has 0 amide bonds. The summed E-state index contributed by atoms with van der Waals surface area (Å²) < 4.78 is 6.39. The number of hydrogen-bond donors (Lipinski definition) is 1. The minimum Gasteiger partial charge on any atom is -0.497 e. The van der Waals surface area contributed by atoms with Crippen LogP contribution in [0, 0.1) is 0 Å². The number of anilines is 1. The topological polar surface area (TPSA) is 34.1 Å². The standard InChI is InChI=1S/C17H18N2OS/c1-20-14-9-10-15-16(12-14)21-17(19-15)18-11-5-8-13-6-3-2-4-7-13/h2-4,6-7,9-10,12H,5,8,11H2,1H3,(H,18,19). The third kappa shape index (κ3) is 3.52. The van der Waals surface area contributed by atoms with Gasteiger partial charge in [0.05, 0.1) is 17.3 Å². The van der Waals surface area contributed by atoms with Crippen LogP contribution in [0.4, 0.5) is 5.13 Å². The van der Waals surface area contributed by atoms with Crippen molar-refractivity contribution in [1.29, 1.82) is 0 Å². The maximum absolute atomic E-state index is 5.24. The second kappa shape index (κ2) is 6.59. The molecule has 0 unspecified atom stereocenters. The van der Waals surface area contributed by atoms with E-state index < -0.39 is 0 Å². The smallest absolute Gasteiger partial charge is 0.183 e. The zero-order valence-electron chi connectivity index (χ0n) is 12.0. The van der Waals surface area contributed by atoms with E-state index in [1.807, 2.05) is 18.2 Å². The Labute approximate surface area is 128 Å². The highest BCUT2D eigenvalue weighted by Gasteiger charge is 2.04. The molecule has 0 radical (unpaired) electrons. The van der Waals surface area contributed by atoms with Crippen molar-refractivity contribution in [2.45, 2.75) is 12.8 Å². The Bertz CT molecular complexity index is 709. The lowest BCUT2D eigenvalue weighted by Gasteiger charge is -2.02. The first-order chi connectivity index (χ1) is 10.3. The van der Waals surface area contributed by atoms with Crippen LogP contribution < -0.4 is 10.1 Å². The van der Waals surface area contributed by atoms with Crippen LogP contribution in [0.3, 0.4) is 0 Å². The maximum Gasteiger partial charge on any atom is 0.183 e. The van der Waals surface area contributed by atoms with E-state index in [-0.39, 0.29) is 0 Å². The van der Waals surface area contributed by atoms with Gasteiger partial charge in [-0.05, 0) is 36.6 Å². The van der Waals surface area contributed by atoms with Crippen LogP contribution in [0.1, 0.15) is 12.0 Å². The average Bonchev–Trinajstić information content (AvgIpc) is 2.94. The van der Waals surface area contributed by atoms with E-state index in [1.165, 1.54) is 5.56 Å². The Balaban J connectivity index is 1.55. The number of methoxy groups -OCH3 is 1. The van der Waals surface area contributed by atoms with Crippen LogP contribution in [0.5, 0.6) is 5.75 Å². The molecule has 3 nitrogen and oxygen atoms in total. The van der Waals surface area contributed by atoms with Crippen LogP contribution in [0.15, 0.2) is 48.5 Å². The Hall–Kier alpha value is -2.07. The lowest BCUT2D eigenvalue weighted by molar-refractivity contribution is 0.415. The Morgan fingerprint density at radius 2 is 2.00 bits per heavy atom. The van der Waals surface area contributed by atoms with Crippen molar-refractivity contribution in [2.24, 2.45) is 0 Å². The number of nitrogens with one attached hydrogen (secondary N) is 1. The molecule has 1 heterocycles. The summed E-state index contributed by atoms with van der Waals surface area (Å²) >= 11 is 1.67. The van der Waals surface area contributed by atoms with E-state index in [0.29, 0.717) is 0 Å². The van der Waals surface area contributed by atoms with Gasteiger partial charge in [-0.15, -0.1) is 0 Å². The van der Waals surface area contributed by atoms with Gasteiger partial charge < -0.3 is 10.1 Å². The largest absolute Gasteiger partial charge is 0.497 e. The highest BCUT2D eigenvalue weighted by Crippen LogP contribution is 2.29. The lowest BCUT2D eigenvalue weighted by Crippen LogP contribution is -2.02. The summed E-state index contributed by atoms with van der Waals surface area (Å²) in [6.45, 7) is 0.936. The molecule has 0 spiro atoms. The first kappa shape index (κ1) is 13.9. The second-order valence-corrected chi connectivity index (χ2v) is 5.90. The van der Waals surface area contributed by atoms with E-state index in [4.69, 9.17) is 4.74 Å². The second-order valence-electron chi connectivity index (χ2n) is 4.87. The summed E-state index contributed by atoms with van der Waals surface area (Å²) in [5.41, 5.74) is 2.40. The summed E-state index contributed by atoms with van der Waals surface area (Å²) in [6.07, 6.45) is 2.19. The number of fused-ring (bicyclic) bond motifs is 1. The molecule has 1 aromatic heterocycles. The molecule has 3 aromatic rings. The molecule has 0 fully saturated rings.